The predicted octanol–water partition coefficient (Wildman–Crippen LogP) is 4.91. The first-order valence-corrected chi connectivity index (χ1v) is 10.5. The number of benzene rings is 2. The van der Waals surface area contributed by atoms with Crippen molar-refractivity contribution in [2.24, 2.45) is 0 Å². The summed E-state index contributed by atoms with van der Waals surface area (Å²) in [6, 6.07) is 17.7. The average molecular weight is 418 g/mol. The van der Waals surface area contributed by atoms with Crippen LogP contribution in [0.3, 0.4) is 0 Å². The molecule has 0 bridgehead atoms. The van der Waals surface area contributed by atoms with E-state index in [0.29, 0.717) is 10.1 Å². The third kappa shape index (κ3) is 5.10. The fourth-order valence-corrected chi connectivity index (χ4v) is 3.68. The van der Waals surface area contributed by atoms with Gasteiger partial charge in [-0.05, 0) is 44.5 Å². The molecule has 0 saturated carbocycles. The van der Waals surface area contributed by atoms with E-state index in [2.05, 4.69) is 34.3 Å². The van der Waals surface area contributed by atoms with E-state index in [0.717, 1.165) is 35.5 Å². The number of hydrogen-bond donors (Lipinski definition) is 1. The zero-order valence-electron chi connectivity index (χ0n) is 17.2. The average Bonchev–Trinajstić information content (AvgIpc) is 3.22. The van der Waals surface area contributed by atoms with Crippen LogP contribution in [0.2, 0.25) is 0 Å². The Morgan fingerprint density at radius 2 is 1.77 bits per heavy atom. The van der Waals surface area contributed by atoms with Crippen LogP contribution in [0.25, 0.3) is 16.6 Å². The Balaban J connectivity index is 1.72. The Morgan fingerprint density at radius 1 is 1.10 bits per heavy atom. The lowest BCUT2D eigenvalue weighted by molar-refractivity contribution is -0.112. The predicted molar refractivity (Wildman–Crippen MR) is 122 cm³/mol. The maximum atomic E-state index is 12.5. The summed E-state index contributed by atoms with van der Waals surface area (Å²) in [6.45, 7) is 8.07. The van der Waals surface area contributed by atoms with Crippen LogP contribution in [0.5, 0.6) is 0 Å². The van der Waals surface area contributed by atoms with E-state index in [9.17, 15) is 10.1 Å². The first-order valence-electron chi connectivity index (χ1n) is 9.72. The lowest BCUT2D eigenvalue weighted by Gasteiger charge is -2.20. The number of aromatic nitrogens is 2. The van der Waals surface area contributed by atoms with Gasteiger partial charge in [-0.15, -0.1) is 10.2 Å². The summed E-state index contributed by atoms with van der Waals surface area (Å²) in [5.74, 6) is -0.503. The van der Waals surface area contributed by atoms with Gasteiger partial charge in [-0.3, -0.25) is 10.1 Å². The topological polar surface area (TPSA) is 81.9 Å². The highest BCUT2D eigenvalue weighted by atomic mass is 32.1. The summed E-state index contributed by atoms with van der Waals surface area (Å²) in [5, 5.41) is 21.3. The standard InChI is InChI=1S/C23H23N5OS/c1-4-28(5-2)20-12-8-17(9-13-20)14-19(15-24)21(29)25-23-27-26-22(30-23)18-10-6-16(3)7-11-18/h6-14H,4-5H2,1-3H3,(H,25,27,29)/b19-14-. The van der Waals surface area contributed by atoms with Crippen molar-refractivity contribution < 1.29 is 4.79 Å². The van der Waals surface area contributed by atoms with Crippen molar-refractivity contribution in [3.63, 3.8) is 0 Å². The number of aryl methyl sites for hydroxylation is 1. The van der Waals surface area contributed by atoms with Crippen LogP contribution in [-0.2, 0) is 4.79 Å². The Bertz CT molecular complexity index is 1070. The fraction of sp³-hybridized carbons (Fsp3) is 0.217. The van der Waals surface area contributed by atoms with Gasteiger partial charge in [0.2, 0.25) is 5.13 Å². The van der Waals surface area contributed by atoms with Gasteiger partial charge in [0.1, 0.15) is 16.6 Å². The minimum absolute atomic E-state index is 0.0117. The van der Waals surface area contributed by atoms with Gasteiger partial charge in [0.25, 0.3) is 5.91 Å². The van der Waals surface area contributed by atoms with Gasteiger partial charge in [-0.2, -0.15) is 5.26 Å². The number of nitriles is 1. The quantitative estimate of drug-likeness (QED) is 0.436. The number of nitrogens with one attached hydrogen (secondary N) is 1. The number of nitrogens with zero attached hydrogens (tertiary/aromatic N) is 4. The second-order valence-electron chi connectivity index (χ2n) is 6.67. The Hall–Kier alpha value is -3.50. The third-order valence-corrected chi connectivity index (χ3v) is 5.53. The second kappa shape index (κ2) is 9.81. The number of rotatable bonds is 7. The van der Waals surface area contributed by atoms with E-state index in [4.69, 9.17) is 0 Å². The van der Waals surface area contributed by atoms with Crippen molar-refractivity contribution in [1.82, 2.24) is 10.2 Å². The minimum atomic E-state index is -0.503. The molecule has 0 saturated heterocycles. The van der Waals surface area contributed by atoms with Crippen molar-refractivity contribution in [1.29, 1.82) is 5.26 Å². The highest BCUT2D eigenvalue weighted by molar-refractivity contribution is 7.18. The molecule has 3 rings (SSSR count). The molecule has 0 aliphatic heterocycles. The van der Waals surface area contributed by atoms with Gasteiger partial charge >= 0.3 is 0 Å². The first-order chi connectivity index (χ1) is 14.5. The van der Waals surface area contributed by atoms with Crippen molar-refractivity contribution in [3.05, 3.63) is 65.2 Å². The van der Waals surface area contributed by atoms with Gasteiger partial charge in [-0.25, -0.2) is 0 Å². The number of amides is 1. The molecule has 1 N–H and O–H groups in total. The maximum absolute atomic E-state index is 12.5. The molecule has 6 nitrogen and oxygen atoms in total. The molecule has 0 unspecified atom stereocenters. The summed E-state index contributed by atoms with van der Waals surface area (Å²) in [6.07, 6.45) is 1.57. The number of carbonyl (C=O) groups excluding carboxylic acids is 1. The smallest absolute Gasteiger partial charge is 0.268 e. The van der Waals surface area contributed by atoms with Crippen LogP contribution in [0.4, 0.5) is 10.8 Å². The Labute approximate surface area is 180 Å². The molecule has 30 heavy (non-hydrogen) atoms. The normalized spacial score (nSPS) is 11.1. The maximum Gasteiger partial charge on any atom is 0.268 e. The fourth-order valence-electron chi connectivity index (χ4n) is 2.94. The van der Waals surface area contributed by atoms with Crippen molar-refractivity contribution in [3.8, 4) is 16.6 Å². The lowest BCUT2D eigenvalue weighted by atomic mass is 10.1. The van der Waals surface area contributed by atoms with E-state index in [1.807, 2.05) is 61.5 Å². The van der Waals surface area contributed by atoms with E-state index in [1.54, 1.807) is 6.08 Å². The Morgan fingerprint density at radius 3 is 2.37 bits per heavy atom. The molecule has 7 heteroatoms. The third-order valence-electron chi connectivity index (χ3n) is 4.64. The molecule has 0 atom stereocenters. The highest BCUT2D eigenvalue weighted by Gasteiger charge is 2.14. The van der Waals surface area contributed by atoms with Gasteiger partial charge in [0, 0.05) is 24.3 Å². The molecule has 1 heterocycles. The van der Waals surface area contributed by atoms with Crippen LogP contribution < -0.4 is 10.2 Å². The molecule has 0 aliphatic carbocycles. The summed E-state index contributed by atoms with van der Waals surface area (Å²) in [4.78, 5) is 14.8. The van der Waals surface area contributed by atoms with Crippen LogP contribution in [0.1, 0.15) is 25.0 Å². The number of anilines is 2. The molecule has 1 amide bonds. The van der Waals surface area contributed by atoms with E-state index in [-0.39, 0.29) is 5.57 Å². The van der Waals surface area contributed by atoms with Crippen molar-refractivity contribution in [2.75, 3.05) is 23.3 Å². The molecule has 0 aliphatic rings. The monoisotopic (exact) mass is 417 g/mol. The SMILES string of the molecule is CCN(CC)c1ccc(/C=C(/C#N)C(=O)Nc2nnc(-c3ccc(C)cc3)s2)cc1. The molecule has 3 aromatic rings. The van der Waals surface area contributed by atoms with Crippen LogP contribution in [0.15, 0.2) is 54.1 Å². The van der Waals surface area contributed by atoms with Gasteiger partial charge < -0.3 is 4.90 Å². The second-order valence-corrected chi connectivity index (χ2v) is 7.64. The van der Waals surface area contributed by atoms with Crippen molar-refractivity contribution >= 4 is 34.1 Å². The molecule has 2 aromatic carbocycles. The zero-order chi connectivity index (χ0) is 21.5. The zero-order valence-corrected chi connectivity index (χ0v) is 18.0. The summed E-state index contributed by atoms with van der Waals surface area (Å²) < 4.78 is 0. The van der Waals surface area contributed by atoms with Crippen LogP contribution in [0, 0.1) is 18.3 Å². The van der Waals surface area contributed by atoms with E-state index < -0.39 is 5.91 Å². The number of hydrogen-bond acceptors (Lipinski definition) is 6. The lowest BCUT2D eigenvalue weighted by Crippen LogP contribution is -2.21. The molecule has 0 radical (unpaired) electrons. The van der Waals surface area contributed by atoms with Gasteiger partial charge in [0.05, 0.1) is 0 Å². The minimum Gasteiger partial charge on any atom is -0.372 e. The van der Waals surface area contributed by atoms with E-state index >= 15 is 0 Å². The molecule has 0 fully saturated rings. The largest absolute Gasteiger partial charge is 0.372 e. The summed E-state index contributed by atoms with van der Waals surface area (Å²) >= 11 is 1.27. The van der Waals surface area contributed by atoms with Gasteiger partial charge in [-0.1, -0.05) is 53.3 Å². The number of carbonyl (C=O) groups is 1. The summed E-state index contributed by atoms with van der Waals surface area (Å²) in [7, 11) is 0. The van der Waals surface area contributed by atoms with Crippen LogP contribution in [-0.4, -0.2) is 29.2 Å². The molecule has 152 valence electrons. The first kappa shape index (κ1) is 21.2. The van der Waals surface area contributed by atoms with E-state index in [1.165, 1.54) is 11.3 Å². The highest BCUT2D eigenvalue weighted by Crippen LogP contribution is 2.27. The molecular formula is C23H23N5OS. The van der Waals surface area contributed by atoms with Crippen molar-refractivity contribution in [2.45, 2.75) is 20.8 Å². The molecule has 1 aromatic heterocycles. The summed E-state index contributed by atoms with van der Waals surface area (Å²) in [5.41, 5.74) is 4.00. The van der Waals surface area contributed by atoms with Crippen LogP contribution >= 0.6 is 11.3 Å². The molecule has 0 spiro atoms. The van der Waals surface area contributed by atoms with Gasteiger partial charge in [0.15, 0.2) is 0 Å². The molecular weight excluding hydrogens is 394 g/mol. The Kier molecular flexibility index (Phi) is 6.94.